The summed E-state index contributed by atoms with van der Waals surface area (Å²) >= 11 is 0. The fourth-order valence-corrected chi connectivity index (χ4v) is 1.68. The minimum absolute atomic E-state index is 0.0593. The highest BCUT2D eigenvalue weighted by Gasteiger charge is 2.15. The van der Waals surface area contributed by atoms with E-state index in [-0.39, 0.29) is 5.75 Å². The molecular formula is C17H15N3O3. The maximum absolute atomic E-state index is 11.8. The largest absolute Gasteiger partial charge is 0.508 e. The Bertz CT molecular complexity index is 737. The summed E-state index contributed by atoms with van der Waals surface area (Å²) in [7, 11) is 0. The zero-order chi connectivity index (χ0) is 16.7. The SMILES string of the molecule is N=C(C(=O)/C=C\Nc1ccccc1)C(=O)Nc1ccc(O)cc1. The van der Waals surface area contributed by atoms with Crippen LogP contribution in [0.5, 0.6) is 5.75 Å². The van der Waals surface area contributed by atoms with Crippen LogP contribution in [0.25, 0.3) is 0 Å². The van der Waals surface area contributed by atoms with Gasteiger partial charge in [0.25, 0.3) is 5.91 Å². The maximum Gasteiger partial charge on any atom is 0.277 e. The second kappa shape index (κ2) is 7.56. The molecule has 0 saturated heterocycles. The van der Waals surface area contributed by atoms with Crippen LogP contribution in [0.1, 0.15) is 0 Å². The Morgan fingerprint density at radius 1 is 0.957 bits per heavy atom. The first-order valence-electron chi connectivity index (χ1n) is 6.77. The highest BCUT2D eigenvalue weighted by Crippen LogP contribution is 2.13. The Morgan fingerprint density at radius 2 is 1.61 bits per heavy atom. The van der Waals surface area contributed by atoms with E-state index < -0.39 is 17.4 Å². The minimum Gasteiger partial charge on any atom is -0.508 e. The molecule has 4 N–H and O–H groups in total. The quantitative estimate of drug-likeness (QED) is 0.285. The maximum atomic E-state index is 11.8. The summed E-state index contributed by atoms with van der Waals surface area (Å²) in [5.74, 6) is -1.47. The molecule has 0 bridgehead atoms. The van der Waals surface area contributed by atoms with Gasteiger partial charge in [-0.1, -0.05) is 18.2 Å². The molecule has 0 aromatic heterocycles. The number of para-hydroxylation sites is 1. The van der Waals surface area contributed by atoms with Crippen molar-refractivity contribution in [3.8, 4) is 5.75 Å². The van der Waals surface area contributed by atoms with Crippen LogP contribution in [0, 0.1) is 5.41 Å². The van der Waals surface area contributed by atoms with Gasteiger partial charge in [-0.3, -0.25) is 15.0 Å². The van der Waals surface area contributed by atoms with Crippen LogP contribution in [0.2, 0.25) is 0 Å². The van der Waals surface area contributed by atoms with Crippen molar-refractivity contribution in [2.75, 3.05) is 10.6 Å². The van der Waals surface area contributed by atoms with Crippen molar-refractivity contribution in [3.63, 3.8) is 0 Å². The number of allylic oxidation sites excluding steroid dienone is 1. The molecule has 0 aliphatic rings. The lowest BCUT2D eigenvalue weighted by Gasteiger charge is -2.04. The second-order valence-corrected chi connectivity index (χ2v) is 4.58. The van der Waals surface area contributed by atoms with Gasteiger partial charge in [0.15, 0.2) is 5.71 Å². The molecule has 0 fully saturated rings. The van der Waals surface area contributed by atoms with Gasteiger partial charge in [-0.05, 0) is 36.4 Å². The lowest BCUT2D eigenvalue weighted by atomic mass is 10.2. The summed E-state index contributed by atoms with van der Waals surface area (Å²) in [5.41, 5.74) is 0.498. The third kappa shape index (κ3) is 4.82. The van der Waals surface area contributed by atoms with Crippen LogP contribution < -0.4 is 10.6 Å². The number of aromatic hydroxyl groups is 1. The summed E-state index contributed by atoms with van der Waals surface area (Å²) < 4.78 is 0. The summed E-state index contributed by atoms with van der Waals surface area (Å²) in [6, 6.07) is 14.9. The van der Waals surface area contributed by atoms with E-state index in [2.05, 4.69) is 10.6 Å². The molecule has 116 valence electrons. The Hall–Kier alpha value is -3.41. The normalized spacial score (nSPS) is 10.3. The van der Waals surface area contributed by atoms with E-state index in [0.29, 0.717) is 5.69 Å². The van der Waals surface area contributed by atoms with E-state index in [1.165, 1.54) is 30.5 Å². The molecule has 2 aromatic rings. The predicted octanol–water partition coefficient (Wildman–Crippen LogP) is 2.55. The smallest absolute Gasteiger partial charge is 0.277 e. The number of hydrogen-bond donors (Lipinski definition) is 4. The first-order chi connectivity index (χ1) is 11.1. The van der Waals surface area contributed by atoms with Crippen molar-refractivity contribution in [2.45, 2.75) is 0 Å². The fraction of sp³-hybridized carbons (Fsp3) is 0. The van der Waals surface area contributed by atoms with Crippen molar-refractivity contribution in [1.29, 1.82) is 5.41 Å². The molecule has 0 atom stereocenters. The number of anilines is 2. The zero-order valence-corrected chi connectivity index (χ0v) is 12.1. The molecule has 0 heterocycles. The zero-order valence-electron chi connectivity index (χ0n) is 12.1. The molecule has 23 heavy (non-hydrogen) atoms. The van der Waals surface area contributed by atoms with Crippen molar-refractivity contribution < 1.29 is 14.7 Å². The Balaban J connectivity index is 1.89. The van der Waals surface area contributed by atoms with Gasteiger partial charge in [0.1, 0.15) is 5.75 Å². The third-order valence-electron chi connectivity index (χ3n) is 2.86. The van der Waals surface area contributed by atoms with Crippen LogP contribution >= 0.6 is 0 Å². The molecule has 0 unspecified atom stereocenters. The number of carbonyl (C=O) groups excluding carboxylic acids is 2. The number of carbonyl (C=O) groups is 2. The van der Waals surface area contributed by atoms with Crippen LogP contribution in [0.4, 0.5) is 11.4 Å². The van der Waals surface area contributed by atoms with E-state index in [1.54, 1.807) is 0 Å². The molecule has 2 aromatic carbocycles. The number of phenolic OH excluding ortho intramolecular Hbond substituents is 1. The monoisotopic (exact) mass is 309 g/mol. The van der Waals surface area contributed by atoms with Crippen molar-refractivity contribution >= 4 is 28.8 Å². The lowest BCUT2D eigenvalue weighted by Crippen LogP contribution is -2.28. The van der Waals surface area contributed by atoms with E-state index in [4.69, 9.17) is 10.5 Å². The number of nitrogens with one attached hydrogen (secondary N) is 3. The predicted molar refractivity (Wildman–Crippen MR) is 88.7 cm³/mol. The van der Waals surface area contributed by atoms with E-state index in [1.807, 2.05) is 30.3 Å². The fourth-order valence-electron chi connectivity index (χ4n) is 1.68. The van der Waals surface area contributed by atoms with Crippen molar-refractivity contribution in [2.24, 2.45) is 0 Å². The number of rotatable bonds is 6. The first kappa shape index (κ1) is 16.0. The topological polar surface area (TPSA) is 102 Å². The van der Waals surface area contributed by atoms with E-state index in [9.17, 15) is 9.59 Å². The Morgan fingerprint density at radius 3 is 2.26 bits per heavy atom. The highest BCUT2D eigenvalue weighted by molar-refractivity contribution is 6.68. The van der Waals surface area contributed by atoms with Gasteiger partial charge in [0.2, 0.25) is 5.78 Å². The van der Waals surface area contributed by atoms with Crippen LogP contribution in [0.3, 0.4) is 0 Å². The average molecular weight is 309 g/mol. The van der Waals surface area contributed by atoms with Gasteiger partial charge < -0.3 is 15.7 Å². The molecule has 0 aliphatic heterocycles. The molecule has 1 amide bonds. The number of phenols is 1. The van der Waals surface area contributed by atoms with Gasteiger partial charge in [0, 0.05) is 23.7 Å². The van der Waals surface area contributed by atoms with Gasteiger partial charge in [0.05, 0.1) is 0 Å². The number of hydrogen-bond acceptors (Lipinski definition) is 5. The highest BCUT2D eigenvalue weighted by atomic mass is 16.3. The average Bonchev–Trinajstić information content (AvgIpc) is 2.57. The van der Waals surface area contributed by atoms with E-state index >= 15 is 0 Å². The van der Waals surface area contributed by atoms with Gasteiger partial charge in [-0.2, -0.15) is 0 Å². The molecule has 6 heteroatoms. The molecule has 6 nitrogen and oxygen atoms in total. The Kier molecular flexibility index (Phi) is 5.25. The number of amides is 1. The van der Waals surface area contributed by atoms with Gasteiger partial charge in [-0.25, -0.2) is 0 Å². The molecule has 0 spiro atoms. The number of ketones is 1. The summed E-state index contributed by atoms with van der Waals surface area (Å²) in [4.78, 5) is 23.6. The Labute approximate surface area is 133 Å². The minimum atomic E-state index is -0.815. The molecule has 2 rings (SSSR count). The molecule has 0 aliphatic carbocycles. The third-order valence-corrected chi connectivity index (χ3v) is 2.86. The van der Waals surface area contributed by atoms with Crippen LogP contribution in [-0.4, -0.2) is 22.5 Å². The van der Waals surface area contributed by atoms with Crippen LogP contribution in [0.15, 0.2) is 66.9 Å². The van der Waals surface area contributed by atoms with Crippen molar-refractivity contribution in [1.82, 2.24) is 0 Å². The summed E-state index contributed by atoms with van der Waals surface area (Å²) in [6.45, 7) is 0. The van der Waals surface area contributed by atoms with Crippen molar-refractivity contribution in [3.05, 3.63) is 66.9 Å². The summed E-state index contributed by atoms with van der Waals surface area (Å²) in [5, 5.41) is 22.0. The first-order valence-corrected chi connectivity index (χ1v) is 6.77. The standard InChI is InChI=1S/C17H15N3O3/c18-16(17(23)20-13-6-8-14(21)9-7-13)15(22)10-11-19-12-4-2-1-3-5-12/h1-11,18-19,21H,(H,20,23)/b11-10-,18-16?. The molecule has 0 saturated carbocycles. The molecule has 0 radical (unpaired) electrons. The van der Waals surface area contributed by atoms with Crippen LogP contribution in [-0.2, 0) is 9.59 Å². The molecular weight excluding hydrogens is 294 g/mol. The lowest BCUT2D eigenvalue weighted by molar-refractivity contribution is -0.113. The summed E-state index contributed by atoms with van der Waals surface area (Å²) in [6.07, 6.45) is 2.49. The van der Waals surface area contributed by atoms with E-state index in [0.717, 1.165) is 11.8 Å². The number of benzene rings is 2. The van der Waals surface area contributed by atoms with Gasteiger partial charge >= 0.3 is 0 Å². The van der Waals surface area contributed by atoms with Gasteiger partial charge in [-0.15, -0.1) is 0 Å². The second-order valence-electron chi connectivity index (χ2n) is 4.58.